The number of ketones is 1. The van der Waals surface area contributed by atoms with Crippen LogP contribution in [0, 0.1) is 0 Å². The van der Waals surface area contributed by atoms with Crippen LogP contribution in [0.3, 0.4) is 0 Å². The number of carbonyl (C=O) groups excluding carboxylic acids is 1. The Balaban J connectivity index is 2.04. The smallest absolute Gasteiger partial charge is 0.417 e. The first kappa shape index (κ1) is 31.8. The van der Waals surface area contributed by atoms with Gasteiger partial charge in [-0.15, -0.1) is 0 Å². The number of carbonyl (C=O) groups is 1. The maximum Gasteiger partial charge on any atom is 0.417 e. The van der Waals surface area contributed by atoms with Gasteiger partial charge >= 0.3 is 22.5 Å². The average Bonchev–Trinajstić information content (AvgIpc) is 3.34. The molecule has 0 aliphatic carbocycles. The summed E-state index contributed by atoms with van der Waals surface area (Å²) in [4.78, 5) is 11.8. The topological polar surface area (TPSA) is 60.4 Å². The van der Waals surface area contributed by atoms with E-state index in [1.807, 2.05) is 0 Å². The largest absolute Gasteiger partial charge is 0.480 e. The number of ether oxygens (including phenoxy) is 1. The van der Waals surface area contributed by atoms with Crippen LogP contribution in [-0.4, -0.2) is 42.8 Å². The molecule has 1 heterocycles. The molecule has 0 aromatic heterocycles. The van der Waals surface area contributed by atoms with E-state index in [9.17, 15) is 39.6 Å². The Morgan fingerprint density at radius 3 is 1.74 bits per heavy atom. The van der Waals surface area contributed by atoms with Gasteiger partial charge in [0.2, 0.25) is 5.78 Å². The molecule has 0 amide bonds. The molecule has 3 aromatic carbocycles. The van der Waals surface area contributed by atoms with E-state index in [-0.39, 0.29) is 21.7 Å². The van der Waals surface area contributed by atoms with E-state index in [4.69, 9.17) is 16.3 Å². The Hall–Kier alpha value is -3.16. The van der Waals surface area contributed by atoms with Crippen LogP contribution >= 0.6 is 23.2 Å². The second kappa shape index (κ2) is 10.8. The lowest BCUT2D eigenvalue weighted by atomic mass is 9.89. The Morgan fingerprint density at radius 1 is 0.738 bits per heavy atom. The standard InChI is InChI=1S/C27H16Cl2F8O4S/c28-18-13-11-15(12-14-18)19-22(20(38)16-7-3-1-4-8-16)41-21(17-9-5-2-6-10-17)23(19)42(39,40)27(36,37)25(32,33)24(30,31)26(29,34)35/h1-14,19,22H/t19-,22+/m1/s1. The predicted molar refractivity (Wildman–Crippen MR) is 138 cm³/mol. The Morgan fingerprint density at radius 2 is 1.24 bits per heavy atom. The molecule has 224 valence electrons. The number of hydrogen-bond donors (Lipinski definition) is 0. The molecule has 1 aliphatic rings. The first-order valence-corrected chi connectivity index (χ1v) is 13.9. The van der Waals surface area contributed by atoms with Crippen LogP contribution in [0.15, 0.2) is 89.8 Å². The summed E-state index contributed by atoms with van der Waals surface area (Å²) in [6.07, 6.45) is -2.02. The molecule has 3 aromatic rings. The third-order valence-corrected chi connectivity index (χ3v) is 8.82. The van der Waals surface area contributed by atoms with E-state index >= 15 is 8.78 Å². The van der Waals surface area contributed by atoms with E-state index in [1.165, 1.54) is 48.5 Å². The fourth-order valence-corrected chi connectivity index (χ4v) is 6.25. The highest BCUT2D eigenvalue weighted by Crippen LogP contribution is 2.59. The molecule has 0 unspecified atom stereocenters. The van der Waals surface area contributed by atoms with Crippen molar-refractivity contribution in [2.24, 2.45) is 0 Å². The zero-order valence-corrected chi connectivity index (χ0v) is 22.9. The van der Waals surface area contributed by atoms with E-state index in [0.717, 1.165) is 36.4 Å². The van der Waals surface area contributed by atoms with E-state index in [2.05, 4.69) is 11.6 Å². The minimum atomic E-state index is -7.26. The zero-order chi connectivity index (χ0) is 31.3. The maximum atomic E-state index is 15.3. The van der Waals surface area contributed by atoms with Crippen molar-refractivity contribution in [2.45, 2.75) is 34.5 Å². The van der Waals surface area contributed by atoms with Crippen LogP contribution in [0.1, 0.15) is 27.4 Å². The fourth-order valence-electron chi connectivity index (χ4n) is 4.26. The van der Waals surface area contributed by atoms with Crippen LogP contribution in [-0.2, 0) is 14.6 Å². The Labute approximate surface area is 243 Å². The van der Waals surface area contributed by atoms with E-state index in [1.54, 1.807) is 0 Å². The first-order chi connectivity index (χ1) is 19.4. The molecule has 4 rings (SSSR count). The molecule has 0 saturated carbocycles. The summed E-state index contributed by atoms with van der Waals surface area (Å²) in [6.45, 7) is 0. The predicted octanol–water partition coefficient (Wildman–Crippen LogP) is 8.18. The fraction of sp³-hybridized carbons (Fsp3) is 0.222. The van der Waals surface area contributed by atoms with Gasteiger partial charge in [-0.1, -0.05) is 84.4 Å². The summed E-state index contributed by atoms with van der Waals surface area (Å²) in [7, 11) is -7.08. The third kappa shape index (κ3) is 5.05. The van der Waals surface area contributed by atoms with Crippen molar-refractivity contribution in [2.75, 3.05) is 0 Å². The number of sulfone groups is 1. The Bertz CT molecular complexity index is 1610. The van der Waals surface area contributed by atoms with Gasteiger partial charge in [0.25, 0.3) is 9.84 Å². The van der Waals surface area contributed by atoms with Crippen molar-refractivity contribution >= 4 is 44.6 Å². The quantitative estimate of drug-likeness (QED) is 0.132. The molecule has 0 N–H and O–H groups in total. The molecule has 2 atom stereocenters. The summed E-state index contributed by atoms with van der Waals surface area (Å²) >= 11 is 9.91. The number of benzene rings is 3. The minimum Gasteiger partial charge on any atom is -0.480 e. The summed E-state index contributed by atoms with van der Waals surface area (Å²) in [5.74, 6) is -18.5. The highest BCUT2D eigenvalue weighted by atomic mass is 35.5. The molecule has 42 heavy (non-hydrogen) atoms. The zero-order valence-electron chi connectivity index (χ0n) is 20.6. The molecule has 1 aliphatic heterocycles. The SMILES string of the molecule is O=C(c1ccccc1)[C@H]1OC(c2ccccc2)=C(S(=O)(=O)C(F)(F)C(F)(F)C(F)(F)C(F)(F)Cl)[C@@H]1c1ccc(Cl)cc1. The highest BCUT2D eigenvalue weighted by molar-refractivity contribution is 7.96. The van der Waals surface area contributed by atoms with Crippen molar-refractivity contribution in [3.05, 3.63) is 112 Å². The second-order valence-corrected chi connectivity index (χ2v) is 11.9. The van der Waals surface area contributed by atoms with Crippen LogP contribution in [0.5, 0.6) is 0 Å². The number of alkyl halides is 9. The summed E-state index contributed by atoms with van der Waals surface area (Å²) in [6, 6.07) is 17.5. The lowest BCUT2D eigenvalue weighted by Crippen LogP contribution is -2.63. The maximum absolute atomic E-state index is 15.3. The molecule has 0 bridgehead atoms. The lowest BCUT2D eigenvalue weighted by molar-refractivity contribution is -0.326. The van der Waals surface area contributed by atoms with Gasteiger partial charge in [-0.05, 0) is 29.3 Å². The molecule has 0 saturated heterocycles. The van der Waals surface area contributed by atoms with Crippen LogP contribution in [0.25, 0.3) is 5.76 Å². The molecule has 4 nitrogen and oxygen atoms in total. The molecule has 0 radical (unpaired) electrons. The lowest BCUT2D eigenvalue weighted by Gasteiger charge is -2.34. The molecular weight excluding hydrogens is 643 g/mol. The summed E-state index contributed by atoms with van der Waals surface area (Å²) in [5.41, 5.74) is -0.725. The van der Waals surface area contributed by atoms with Crippen LogP contribution in [0.4, 0.5) is 35.1 Å². The monoisotopic (exact) mass is 658 g/mol. The molecule has 15 heteroatoms. The van der Waals surface area contributed by atoms with Crippen molar-refractivity contribution in [1.29, 1.82) is 0 Å². The summed E-state index contributed by atoms with van der Waals surface area (Å²) < 4.78 is 147. The number of halogens is 10. The highest BCUT2D eigenvalue weighted by Gasteiger charge is 2.85. The van der Waals surface area contributed by atoms with Crippen molar-refractivity contribution in [3.63, 3.8) is 0 Å². The van der Waals surface area contributed by atoms with Crippen molar-refractivity contribution < 1.29 is 53.1 Å². The second-order valence-electron chi connectivity index (χ2n) is 9.02. The van der Waals surface area contributed by atoms with E-state index < -0.39 is 60.8 Å². The van der Waals surface area contributed by atoms with Gasteiger partial charge in [0, 0.05) is 16.1 Å². The summed E-state index contributed by atoms with van der Waals surface area (Å²) in [5, 5.41) is -13.1. The number of Topliss-reactive ketones (excluding diaryl/α,β-unsaturated/α-hetero) is 1. The van der Waals surface area contributed by atoms with Gasteiger partial charge in [0.05, 0.1) is 5.92 Å². The van der Waals surface area contributed by atoms with Crippen molar-refractivity contribution in [1.82, 2.24) is 0 Å². The molecule has 0 spiro atoms. The normalized spacial score (nSPS) is 18.6. The molecular formula is C27H16Cl2F8O4S. The van der Waals surface area contributed by atoms with Crippen LogP contribution in [0.2, 0.25) is 5.02 Å². The number of hydrogen-bond acceptors (Lipinski definition) is 4. The average molecular weight is 659 g/mol. The van der Waals surface area contributed by atoms with Gasteiger partial charge in [0.15, 0.2) is 6.10 Å². The number of rotatable bonds is 9. The Kier molecular flexibility index (Phi) is 8.20. The van der Waals surface area contributed by atoms with E-state index in [0.29, 0.717) is 0 Å². The van der Waals surface area contributed by atoms with Gasteiger partial charge in [0.1, 0.15) is 10.7 Å². The van der Waals surface area contributed by atoms with Gasteiger partial charge in [-0.25, -0.2) is 8.42 Å². The third-order valence-electron chi connectivity index (χ3n) is 6.38. The molecule has 0 fully saturated rings. The van der Waals surface area contributed by atoms with Gasteiger partial charge in [-0.3, -0.25) is 4.79 Å². The minimum absolute atomic E-state index is 0.0566. The first-order valence-electron chi connectivity index (χ1n) is 11.6. The van der Waals surface area contributed by atoms with Gasteiger partial charge in [-0.2, -0.15) is 35.1 Å². The van der Waals surface area contributed by atoms with Gasteiger partial charge < -0.3 is 4.74 Å². The van der Waals surface area contributed by atoms with Crippen molar-refractivity contribution in [3.8, 4) is 0 Å². The van der Waals surface area contributed by atoms with Crippen LogP contribution < -0.4 is 0 Å².